The summed E-state index contributed by atoms with van der Waals surface area (Å²) in [6, 6.07) is 5.31. The van der Waals surface area contributed by atoms with Crippen molar-refractivity contribution >= 4 is 20.4 Å². The highest BCUT2D eigenvalue weighted by Gasteiger charge is 2.33. The number of rotatable bonds is 7. The van der Waals surface area contributed by atoms with Gasteiger partial charge in [0.25, 0.3) is 5.69 Å². The van der Waals surface area contributed by atoms with Crippen molar-refractivity contribution in [2.45, 2.75) is 19.0 Å². The summed E-state index contributed by atoms with van der Waals surface area (Å²) in [7, 11) is -7.84. The molecule has 0 saturated carbocycles. The fourth-order valence-electron chi connectivity index (χ4n) is 3.57. The van der Waals surface area contributed by atoms with Gasteiger partial charge in [-0.25, -0.2) is 0 Å². The topological polar surface area (TPSA) is 157 Å². The highest BCUT2D eigenvalue weighted by molar-refractivity contribution is 7.74. The van der Waals surface area contributed by atoms with Gasteiger partial charge < -0.3 is 25.7 Å². The summed E-state index contributed by atoms with van der Waals surface area (Å²) in [5, 5.41) is 20.8. The number of benzene rings is 1. The average molecular weight is 491 g/mol. The summed E-state index contributed by atoms with van der Waals surface area (Å²) in [5.41, 5.74) is 0.305. The number of nitro groups is 1. The van der Waals surface area contributed by atoms with Crippen LogP contribution in [0.15, 0.2) is 24.3 Å². The van der Waals surface area contributed by atoms with E-state index in [0.717, 1.165) is 45.6 Å². The third-order valence-electron chi connectivity index (χ3n) is 5.06. The minimum Gasteiger partial charge on any atom is -0.344 e. The number of hydrogen-bond donors (Lipinski definition) is 5. The Hall–Kier alpha value is -1.16. The van der Waals surface area contributed by atoms with Crippen molar-refractivity contribution in [3.05, 3.63) is 39.9 Å². The van der Waals surface area contributed by atoms with Gasteiger partial charge in [-0.05, 0) is 44.6 Å². The van der Waals surface area contributed by atoms with E-state index in [9.17, 15) is 29.0 Å². The van der Waals surface area contributed by atoms with Gasteiger partial charge in [-0.1, -0.05) is 12.1 Å². The molecule has 1 aliphatic rings. The lowest BCUT2D eigenvalue weighted by molar-refractivity contribution is -0.384. The van der Waals surface area contributed by atoms with Crippen molar-refractivity contribution in [3.63, 3.8) is 0 Å². The SMILES string of the molecule is O=[N+]([O-])c1ccc(CP(=O)(O)CP(=O)(O)CN2CCCNCCNCCCNCC2)cc1. The van der Waals surface area contributed by atoms with Crippen LogP contribution in [0.1, 0.15) is 18.4 Å². The van der Waals surface area contributed by atoms with Gasteiger partial charge in [-0.3, -0.25) is 24.1 Å². The molecule has 1 fully saturated rings. The highest BCUT2D eigenvalue weighted by atomic mass is 31.2. The summed E-state index contributed by atoms with van der Waals surface area (Å²) >= 11 is 0. The van der Waals surface area contributed by atoms with E-state index in [1.807, 2.05) is 4.90 Å². The molecule has 1 saturated heterocycles. The predicted molar refractivity (Wildman–Crippen MR) is 126 cm³/mol. The Morgan fingerprint density at radius 2 is 1.47 bits per heavy atom. The number of hydrogen-bond acceptors (Lipinski definition) is 8. The molecule has 2 unspecified atom stereocenters. The van der Waals surface area contributed by atoms with Crippen LogP contribution in [0.5, 0.6) is 0 Å². The van der Waals surface area contributed by atoms with Crippen molar-refractivity contribution in [2.75, 3.05) is 64.5 Å². The molecule has 0 bridgehead atoms. The maximum atomic E-state index is 12.9. The van der Waals surface area contributed by atoms with Crippen LogP contribution in [0.3, 0.4) is 0 Å². The lowest BCUT2D eigenvalue weighted by Gasteiger charge is -2.26. The van der Waals surface area contributed by atoms with Crippen LogP contribution in [0.4, 0.5) is 5.69 Å². The molecule has 2 atom stereocenters. The summed E-state index contributed by atoms with van der Waals surface area (Å²) in [4.78, 5) is 33.0. The molecular weight excluding hydrogens is 456 g/mol. The smallest absolute Gasteiger partial charge is 0.269 e. The Bertz CT molecular complexity index is 796. The minimum atomic E-state index is -3.95. The second kappa shape index (κ2) is 13.5. The van der Waals surface area contributed by atoms with Gasteiger partial charge in [-0.2, -0.15) is 0 Å². The molecular formula is C19H35N5O6P2. The van der Waals surface area contributed by atoms with Gasteiger partial charge in [0.2, 0.25) is 14.7 Å². The first-order valence-electron chi connectivity index (χ1n) is 10.9. The van der Waals surface area contributed by atoms with Crippen LogP contribution >= 0.6 is 14.7 Å². The Kier molecular flexibility index (Phi) is 11.4. The molecule has 0 aliphatic carbocycles. The second-order valence-corrected chi connectivity index (χ2v) is 13.2. The van der Waals surface area contributed by atoms with Crippen LogP contribution in [0.2, 0.25) is 0 Å². The molecule has 0 amide bonds. The van der Waals surface area contributed by atoms with Crippen molar-refractivity contribution < 1.29 is 23.8 Å². The van der Waals surface area contributed by atoms with E-state index in [2.05, 4.69) is 16.0 Å². The number of nitro benzene ring substituents is 1. The standard InChI is InChI=1S/C19H35N5O6P2/c25-24(26)19-5-3-18(4-6-19)15-31(27,28)17-32(29,30)16-23-13-2-9-21-11-10-20-7-1-8-22-12-14-23/h3-6,20-22H,1-2,7-17H2,(H,27,28)(H,29,30). The summed E-state index contributed by atoms with van der Waals surface area (Å²) in [6.07, 6.45) is 1.37. The van der Waals surface area contributed by atoms with E-state index in [4.69, 9.17) is 0 Å². The molecule has 5 N–H and O–H groups in total. The van der Waals surface area contributed by atoms with Crippen LogP contribution in [0, 0.1) is 10.1 Å². The van der Waals surface area contributed by atoms with E-state index in [-0.39, 0.29) is 18.1 Å². The van der Waals surface area contributed by atoms with Crippen molar-refractivity contribution in [1.82, 2.24) is 20.9 Å². The maximum absolute atomic E-state index is 12.9. The molecule has 1 aromatic rings. The molecule has 2 rings (SSSR count). The first-order chi connectivity index (χ1) is 15.2. The van der Waals surface area contributed by atoms with Gasteiger partial charge in [0.1, 0.15) is 5.90 Å². The van der Waals surface area contributed by atoms with Gasteiger partial charge in [0, 0.05) is 38.3 Å². The van der Waals surface area contributed by atoms with Crippen molar-refractivity contribution in [2.24, 2.45) is 0 Å². The summed E-state index contributed by atoms with van der Waals surface area (Å²) in [5.74, 6) is -0.676. The second-order valence-electron chi connectivity index (χ2n) is 8.13. The Labute approximate surface area is 189 Å². The largest absolute Gasteiger partial charge is 0.344 e. The van der Waals surface area contributed by atoms with E-state index in [1.165, 1.54) is 24.3 Å². The fraction of sp³-hybridized carbons (Fsp3) is 0.684. The van der Waals surface area contributed by atoms with E-state index in [1.54, 1.807) is 0 Å². The monoisotopic (exact) mass is 491 g/mol. The average Bonchev–Trinajstić information content (AvgIpc) is 2.69. The molecule has 0 radical (unpaired) electrons. The zero-order chi connectivity index (χ0) is 23.5. The minimum absolute atomic E-state index is 0.115. The van der Waals surface area contributed by atoms with E-state index in [0.29, 0.717) is 25.2 Å². The highest BCUT2D eigenvalue weighted by Crippen LogP contribution is 2.58. The van der Waals surface area contributed by atoms with Crippen LogP contribution < -0.4 is 16.0 Å². The third-order valence-corrected chi connectivity index (χ3v) is 10.3. The zero-order valence-electron chi connectivity index (χ0n) is 18.3. The van der Waals surface area contributed by atoms with Crippen molar-refractivity contribution in [3.8, 4) is 0 Å². The molecule has 32 heavy (non-hydrogen) atoms. The third kappa shape index (κ3) is 11.1. The lowest BCUT2D eigenvalue weighted by Crippen LogP contribution is -2.37. The van der Waals surface area contributed by atoms with Gasteiger partial charge in [-0.15, -0.1) is 0 Å². The first-order valence-corrected chi connectivity index (χ1v) is 14.9. The molecule has 13 heteroatoms. The molecule has 1 aromatic carbocycles. The lowest BCUT2D eigenvalue weighted by atomic mass is 10.2. The van der Waals surface area contributed by atoms with Crippen molar-refractivity contribution in [1.29, 1.82) is 0 Å². The van der Waals surface area contributed by atoms with Gasteiger partial charge in [0.15, 0.2) is 0 Å². The Morgan fingerprint density at radius 1 is 0.875 bits per heavy atom. The van der Waals surface area contributed by atoms with Crippen LogP contribution in [-0.2, 0) is 15.3 Å². The Balaban J connectivity index is 1.92. The molecule has 182 valence electrons. The van der Waals surface area contributed by atoms with Gasteiger partial charge >= 0.3 is 0 Å². The molecule has 11 nitrogen and oxygen atoms in total. The maximum Gasteiger partial charge on any atom is 0.269 e. The number of nitrogens with zero attached hydrogens (tertiary/aromatic N) is 2. The molecule has 0 aromatic heterocycles. The van der Waals surface area contributed by atoms with Gasteiger partial charge in [0.05, 0.1) is 17.4 Å². The fourth-order valence-corrected chi connectivity index (χ4v) is 8.78. The van der Waals surface area contributed by atoms with Crippen LogP contribution in [0.25, 0.3) is 0 Å². The summed E-state index contributed by atoms with van der Waals surface area (Å²) < 4.78 is 25.5. The molecule has 0 spiro atoms. The quantitative estimate of drug-likeness (QED) is 0.215. The van der Waals surface area contributed by atoms with Crippen LogP contribution in [-0.4, -0.2) is 84.2 Å². The molecule has 1 heterocycles. The van der Waals surface area contributed by atoms with E-state index < -0.39 is 25.6 Å². The van der Waals surface area contributed by atoms with E-state index >= 15 is 0 Å². The Morgan fingerprint density at radius 3 is 2.09 bits per heavy atom. The zero-order valence-corrected chi connectivity index (χ0v) is 20.1. The number of nitrogens with one attached hydrogen (secondary N) is 3. The normalized spacial score (nSPS) is 21.7. The number of non-ortho nitro benzene ring substituents is 1. The molecule has 1 aliphatic heterocycles. The predicted octanol–water partition coefficient (Wildman–Crippen LogP) is 1.42. The first kappa shape index (κ1) is 27.1. The summed E-state index contributed by atoms with van der Waals surface area (Å²) in [6.45, 7) is 6.21.